The summed E-state index contributed by atoms with van der Waals surface area (Å²) in [4.78, 5) is 10.7. The van der Waals surface area contributed by atoms with Crippen LogP contribution in [0.25, 0.3) is 0 Å². The van der Waals surface area contributed by atoms with Crippen LogP contribution in [0.2, 0.25) is 0 Å². The molecule has 0 bridgehead atoms. The van der Waals surface area contributed by atoms with Gasteiger partial charge in [-0.25, -0.2) is 0 Å². The Kier molecular flexibility index (Phi) is 5.13. The minimum Gasteiger partial charge on any atom is -0.377 e. The molecule has 0 saturated carbocycles. The maximum absolute atomic E-state index is 11.6. The number of hydrogen-bond acceptors (Lipinski definition) is 4. The molecule has 0 fully saturated rings. The van der Waals surface area contributed by atoms with Gasteiger partial charge in [-0.1, -0.05) is 11.8 Å². The van der Waals surface area contributed by atoms with Crippen molar-refractivity contribution in [2.24, 2.45) is 16.7 Å². The number of amides is 1. The Hall–Kier alpha value is -1.12. The molecule has 0 aliphatic carbocycles. The van der Waals surface area contributed by atoms with Crippen LogP contribution in [-0.4, -0.2) is 29.5 Å². The molecular formula is C5H9F3N4OS. The fourth-order valence-electron chi connectivity index (χ4n) is 0.427. The lowest BCUT2D eigenvalue weighted by molar-refractivity contribution is -0.136. The summed E-state index contributed by atoms with van der Waals surface area (Å²) >= 11 is 0.758. The highest BCUT2D eigenvalue weighted by Crippen LogP contribution is 2.12. The molecule has 0 spiro atoms. The fraction of sp³-hybridized carbons (Fsp3) is 0.600. The lowest BCUT2D eigenvalue weighted by Crippen LogP contribution is -2.35. The number of nitrogens with zero attached hydrogens (tertiary/aromatic N) is 1. The van der Waals surface area contributed by atoms with Crippen LogP contribution in [0.5, 0.6) is 0 Å². The van der Waals surface area contributed by atoms with Crippen molar-refractivity contribution in [3.63, 3.8) is 0 Å². The molecule has 0 rings (SSSR count). The second-order valence-corrected chi connectivity index (χ2v) is 3.14. The first kappa shape index (κ1) is 12.9. The van der Waals surface area contributed by atoms with Gasteiger partial charge in [-0.2, -0.15) is 18.3 Å². The van der Waals surface area contributed by atoms with E-state index in [1.54, 1.807) is 5.32 Å². The van der Waals surface area contributed by atoms with Crippen molar-refractivity contribution in [3.05, 3.63) is 0 Å². The summed E-state index contributed by atoms with van der Waals surface area (Å²) < 4.78 is 34.8. The fourth-order valence-corrected chi connectivity index (χ4v) is 0.882. The van der Waals surface area contributed by atoms with Crippen molar-refractivity contribution >= 4 is 22.8 Å². The van der Waals surface area contributed by atoms with E-state index in [-0.39, 0.29) is 10.9 Å². The Labute approximate surface area is 82.1 Å². The zero-order valence-electron chi connectivity index (χ0n) is 6.97. The Bertz CT molecular complexity index is 230. The summed E-state index contributed by atoms with van der Waals surface area (Å²) in [6, 6.07) is 0. The zero-order valence-corrected chi connectivity index (χ0v) is 7.78. The number of nitrogens with one attached hydrogen (secondary N) is 1. The second kappa shape index (κ2) is 5.58. The van der Waals surface area contributed by atoms with E-state index >= 15 is 0 Å². The van der Waals surface area contributed by atoms with Gasteiger partial charge >= 0.3 is 6.18 Å². The molecule has 9 heteroatoms. The molecule has 0 aromatic carbocycles. The third-order valence-corrected chi connectivity index (χ3v) is 1.77. The Morgan fingerprint density at radius 2 is 2.07 bits per heavy atom. The number of carbonyl (C=O) groups excluding carboxylic acids is 1. The highest BCUT2D eigenvalue weighted by atomic mass is 32.2. The van der Waals surface area contributed by atoms with E-state index in [0.29, 0.717) is 0 Å². The maximum Gasteiger partial charge on any atom is 0.405 e. The Morgan fingerprint density at radius 3 is 2.50 bits per heavy atom. The average molecular weight is 230 g/mol. The normalized spacial score (nSPS) is 12.6. The number of amidine groups is 1. The summed E-state index contributed by atoms with van der Waals surface area (Å²) in [6.45, 7) is -1.36. The molecule has 0 saturated heterocycles. The molecule has 0 unspecified atom stereocenters. The Balaban J connectivity index is 3.67. The first-order valence-corrected chi connectivity index (χ1v) is 4.33. The monoisotopic (exact) mass is 230 g/mol. The lowest BCUT2D eigenvalue weighted by Gasteiger charge is -2.07. The van der Waals surface area contributed by atoms with Crippen LogP contribution in [0.3, 0.4) is 0 Å². The Morgan fingerprint density at radius 1 is 1.50 bits per heavy atom. The summed E-state index contributed by atoms with van der Waals surface area (Å²) in [6.07, 6.45) is -4.41. The van der Waals surface area contributed by atoms with E-state index in [1.165, 1.54) is 0 Å². The van der Waals surface area contributed by atoms with Crippen LogP contribution in [0, 0.1) is 0 Å². The average Bonchev–Trinajstić information content (AvgIpc) is 2.09. The largest absolute Gasteiger partial charge is 0.405 e. The molecule has 5 nitrogen and oxygen atoms in total. The predicted octanol–water partition coefficient (Wildman–Crippen LogP) is -0.413. The number of hydrazone groups is 1. The van der Waals surface area contributed by atoms with Gasteiger partial charge in [-0.15, -0.1) is 0 Å². The molecule has 0 aliphatic heterocycles. The third-order valence-electron chi connectivity index (χ3n) is 0.964. The van der Waals surface area contributed by atoms with E-state index in [1.807, 2.05) is 0 Å². The molecule has 0 aromatic rings. The molecule has 0 atom stereocenters. The van der Waals surface area contributed by atoms with Crippen LogP contribution in [0.15, 0.2) is 5.10 Å². The van der Waals surface area contributed by atoms with E-state index in [2.05, 4.69) is 5.10 Å². The zero-order chi connectivity index (χ0) is 11.2. The van der Waals surface area contributed by atoms with E-state index in [4.69, 9.17) is 11.6 Å². The van der Waals surface area contributed by atoms with Crippen LogP contribution < -0.4 is 16.9 Å². The predicted molar refractivity (Wildman–Crippen MR) is 47.3 cm³/mol. The maximum atomic E-state index is 11.6. The molecule has 0 aromatic heterocycles. The summed E-state index contributed by atoms with van der Waals surface area (Å²) in [5, 5.41) is 4.63. The van der Waals surface area contributed by atoms with Crippen molar-refractivity contribution < 1.29 is 18.0 Å². The molecule has 0 heterocycles. The van der Waals surface area contributed by atoms with Crippen molar-refractivity contribution in [2.75, 3.05) is 12.3 Å². The van der Waals surface area contributed by atoms with Gasteiger partial charge in [0.15, 0.2) is 5.17 Å². The quantitative estimate of drug-likeness (QED) is 0.266. The number of carbonyl (C=O) groups is 1. The molecule has 5 N–H and O–H groups in total. The molecule has 0 aliphatic rings. The van der Waals surface area contributed by atoms with Gasteiger partial charge in [0.1, 0.15) is 6.54 Å². The highest BCUT2D eigenvalue weighted by Gasteiger charge is 2.27. The summed E-state index contributed by atoms with van der Waals surface area (Å²) in [7, 11) is 0. The molecule has 1 amide bonds. The van der Waals surface area contributed by atoms with Crippen LogP contribution in [0.4, 0.5) is 13.2 Å². The number of thioether (sulfide) groups is 1. The summed E-state index contributed by atoms with van der Waals surface area (Å²) in [5.74, 6) is 3.71. The minimum atomic E-state index is -4.41. The van der Waals surface area contributed by atoms with Crippen molar-refractivity contribution in [1.82, 2.24) is 5.32 Å². The van der Waals surface area contributed by atoms with Gasteiger partial charge in [-0.05, 0) is 0 Å². The van der Waals surface area contributed by atoms with E-state index in [0.717, 1.165) is 11.8 Å². The van der Waals surface area contributed by atoms with Crippen LogP contribution in [0.1, 0.15) is 0 Å². The molecule has 0 radical (unpaired) electrons. The first-order valence-electron chi connectivity index (χ1n) is 3.35. The number of rotatable bonds is 3. The number of hydrogen-bond donors (Lipinski definition) is 3. The molecular weight excluding hydrogens is 221 g/mol. The molecule has 82 valence electrons. The van der Waals surface area contributed by atoms with Gasteiger partial charge in [0.25, 0.3) is 0 Å². The van der Waals surface area contributed by atoms with Gasteiger partial charge in [0.2, 0.25) is 5.91 Å². The van der Waals surface area contributed by atoms with Crippen molar-refractivity contribution in [1.29, 1.82) is 0 Å². The van der Waals surface area contributed by atoms with Crippen LogP contribution >= 0.6 is 11.8 Å². The topological polar surface area (TPSA) is 93.5 Å². The van der Waals surface area contributed by atoms with E-state index < -0.39 is 18.6 Å². The van der Waals surface area contributed by atoms with Gasteiger partial charge in [0, 0.05) is 0 Å². The van der Waals surface area contributed by atoms with Gasteiger partial charge in [0.05, 0.1) is 5.75 Å². The van der Waals surface area contributed by atoms with E-state index in [9.17, 15) is 18.0 Å². The number of nitrogens with two attached hydrogens (primary N) is 2. The smallest absolute Gasteiger partial charge is 0.377 e. The van der Waals surface area contributed by atoms with Gasteiger partial charge < -0.3 is 16.9 Å². The third kappa shape index (κ3) is 7.53. The van der Waals surface area contributed by atoms with Crippen LogP contribution in [-0.2, 0) is 4.79 Å². The summed E-state index contributed by atoms with van der Waals surface area (Å²) in [5.41, 5.74) is 5.09. The lowest BCUT2D eigenvalue weighted by atomic mass is 10.6. The first-order chi connectivity index (χ1) is 6.35. The number of halogens is 3. The number of alkyl halides is 3. The second-order valence-electron chi connectivity index (χ2n) is 2.15. The molecule has 14 heavy (non-hydrogen) atoms. The van der Waals surface area contributed by atoms with Crippen molar-refractivity contribution in [3.8, 4) is 0 Å². The highest BCUT2D eigenvalue weighted by molar-refractivity contribution is 8.14. The minimum absolute atomic E-state index is 0.0628. The SMILES string of the molecule is NN=C(N)SCC(=O)NCC(F)(F)F. The standard InChI is InChI=1S/C5H9F3N4OS/c6-5(7,8)2-11-3(13)1-14-4(9)12-10/h1-2,10H2,(H2,9,12)(H,11,13). The van der Waals surface area contributed by atoms with Gasteiger partial charge in [-0.3, -0.25) is 4.79 Å². The van der Waals surface area contributed by atoms with Crippen molar-refractivity contribution in [2.45, 2.75) is 6.18 Å².